The van der Waals surface area contributed by atoms with E-state index in [2.05, 4.69) is 16.8 Å². The maximum absolute atomic E-state index is 11.7. The van der Waals surface area contributed by atoms with Crippen LogP contribution < -0.4 is 0 Å². The number of esters is 1. The number of allylic oxidation sites excluding steroid dienone is 1. The molecular formula is C17H17N3O4S. The van der Waals surface area contributed by atoms with Gasteiger partial charge in [0.25, 0.3) is 0 Å². The molecule has 0 aliphatic heterocycles. The second-order valence-electron chi connectivity index (χ2n) is 5.13. The summed E-state index contributed by atoms with van der Waals surface area (Å²) in [4.78, 5) is 11.7. The molecule has 0 unspecified atom stereocenters. The first-order valence-corrected chi connectivity index (χ1v) is 8.50. The van der Waals surface area contributed by atoms with Crippen molar-refractivity contribution in [1.29, 1.82) is 0 Å². The van der Waals surface area contributed by atoms with Gasteiger partial charge in [-0.2, -0.15) is 0 Å². The van der Waals surface area contributed by atoms with Crippen LogP contribution in [-0.2, 0) is 17.0 Å². The van der Waals surface area contributed by atoms with Crippen LogP contribution in [0.25, 0.3) is 11.4 Å². The Morgan fingerprint density at radius 1 is 1.36 bits per heavy atom. The van der Waals surface area contributed by atoms with Gasteiger partial charge in [-0.25, -0.2) is 4.79 Å². The topological polar surface area (TPSA) is 83.3 Å². The van der Waals surface area contributed by atoms with Crippen molar-refractivity contribution in [3.63, 3.8) is 0 Å². The predicted octanol–water partition coefficient (Wildman–Crippen LogP) is 3.70. The number of thioether (sulfide) groups is 1. The zero-order chi connectivity index (χ0) is 17.8. The van der Waals surface area contributed by atoms with E-state index in [-0.39, 0.29) is 0 Å². The van der Waals surface area contributed by atoms with Crippen LogP contribution in [0.3, 0.4) is 0 Å². The number of nitrogens with zero attached hydrogens (tertiary/aromatic N) is 3. The maximum Gasteiger partial charge on any atom is 0.341 e. The molecule has 0 radical (unpaired) electrons. The fraction of sp³-hybridized carbons (Fsp3) is 0.235. The fourth-order valence-electron chi connectivity index (χ4n) is 2.38. The summed E-state index contributed by atoms with van der Waals surface area (Å²) in [6, 6.07) is 3.45. The van der Waals surface area contributed by atoms with Crippen LogP contribution in [0.4, 0.5) is 0 Å². The first-order valence-electron chi connectivity index (χ1n) is 7.51. The molecule has 3 aromatic heterocycles. The quantitative estimate of drug-likeness (QED) is 0.361. The van der Waals surface area contributed by atoms with Crippen molar-refractivity contribution in [3.05, 3.63) is 54.4 Å². The Bertz CT molecular complexity index is 893. The van der Waals surface area contributed by atoms with Gasteiger partial charge in [0.2, 0.25) is 0 Å². The SMILES string of the molecule is C=CCn1c(SCc2occc2C(=O)OC)nnc1-c1ccoc1C. The molecule has 3 aromatic rings. The van der Waals surface area contributed by atoms with Crippen LogP contribution in [0.2, 0.25) is 0 Å². The Labute approximate surface area is 148 Å². The Hall–Kier alpha value is -2.74. The van der Waals surface area contributed by atoms with Gasteiger partial charge < -0.3 is 13.6 Å². The third kappa shape index (κ3) is 3.39. The van der Waals surface area contributed by atoms with Gasteiger partial charge in [-0.05, 0) is 19.1 Å². The lowest BCUT2D eigenvalue weighted by Crippen LogP contribution is -2.03. The van der Waals surface area contributed by atoms with Crippen LogP contribution in [0.15, 0.2) is 51.3 Å². The Morgan fingerprint density at radius 2 is 2.16 bits per heavy atom. The van der Waals surface area contributed by atoms with Crippen molar-refractivity contribution >= 4 is 17.7 Å². The highest BCUT2D eigenvalue weighted by molar-refractivity contribution is 7.98. The van der Waals surface area contributed by atoms with E-state index in [4.69, 9.17) is 13.6 Å². The third-order valence-electron chi connectivity index (χ3n) is 3.61. The zero-order valence-electron chi connectivity index (χ0n) is 13.9. The smallest absolute Gasteiger partial charge is 0.341 e. The average molecular weight is 359 g/mol. The number of ether oxygens (including phenoxy) is 1. The molecular weight excluding hydrogens is 342 g/mol. The molecule has 0 N–H and O–H groups in total. The van der Waals surface area contributed by atoms with Gasteiger partial charge in [0.1, 0.15) is 17.1 Å². The van der Waals surface area contributed by atoms with Gasteiger partial charge in [-0.1, -0.05) is 17.8 Å². The first-order chi connectivity index (χ1) is 12.2. The van der Waals surface area contributed by atoms with Crippen molar-refractivity contribution in [2.24, 2.45) is 0 Å². The summed E-state index contributed by atoms with van der Waals surface area (Å²) in [7, 11) is 1.34. The molecule has 0 aliphatic carbocycles. The average Bonchev–Trinajstić information content (AvgIpc) is 3.32. The molecule has 0 aromatic carbocycles. The standard InChI is InChI=1S/C17H17N3O4S/c1-4-7-20-15(12-5-8-23-11(12)2)18-19-17(20)25-10-14-13(6-9-24-14)16(21)22-3/h4-6,8-9H,1,7,10H2,2-3H3. The number of carbonyl (C=O) groups excluding carboxylic acids is 1. The summed E-state index contributed by atoms with van der Waals surface area (Å²) < 4.78 is 17.4. The fourth-order valence-corrected chi connectivity index (χ4v) is 3.28. The Balaban J connectivity index is 1.85. The van der Waals surface area contributed by atoms with Crippen molar-refractivity contribution in [2.45, 2.75) is 24.4 Å². The number of rotatable bonds is 7. The molecule has 130 valence electrons. The van der Waals surface area contributed by atoms with Crippen molar-refractivity contribution in [1.82, 2.24) is 14.8 Å². The number of hydrogen-bond acceptors (Lipinski definition) is 7. The molecule has 7 nitrogen and oxygen atoms in total. The Morgan fingerprint density at radius 3 is 2.84 bits per heavy atom. The summed E-state index contributed by atoms with van der Waals surface area (Å²) in [6.07, 6.45) is 4.87. The van der Waals surface area contributed by atoms with Crippen LogP contribution >= 0.6 is 11.8 Å². The minimum Gasteiger partial charge on any atom is -0.469 e. The largest absolute Gasteiger partial charge is 0.469 e. The van der Waals surface area contributed by atoms with Crippen LogP contribution in [0.5, 0.6) is 0 Å². The van der Waals surface area contributed by atoms with E-state index in [1.165, 1.54) is 25.1 Å². The maximum atomic E-state index is 11.7. The van der Waals surface area contributed by atoms with E-state index < -0.39 is 5.97 Å². The van der Waals surface area contributed by atoms with E-state index in [9.17, 15) is 4.79 Å². The van der Waals surface area contributed by atoms with Gasteiger partial charge in [-0.3, -0.25) is 4.57 Å². The lowest BCUT2D eigenvalue weighted by atomic mass is 10.2. The van der Waals surface area contributed by atoms with Gasteiger partial charge in [-0.15, -0.1) is 16.8 Å². The van der Waals surface area contributed by atoms with Crippen molar-refractivity contribution in [2.75, 3.05) is 7.11 Å². The van der Waals surface area contributed by atoms with Gasteiger partial charge in [0.05, 0.1) is 31.0 Å². The number of methoxy groups -OCH3 is 1. The molecule has 8 heteroatoms. The normalized spacial score (nSPS) is 10.8. The number of carbonyl (C=O) groups is 1. The molecule has 0 bridgehead atoms. The molecule has 3 heterocycles. The summed E-state index contributed by atoms with van der Waals surface area (Å²) in [5.41, 5.74) is 1.30. The Kier molecular flexibility index (Phi) is 5.08. The molecule has 0 spiro atoms. The summed E-state index contributed by atoms with van der Waals surface area (Å²) in [6.45, 7) is 6.22. The molecule has 0 saturated carbocycles. The minimum atomic E-state index is -0.424. The summed E-state index contributed by atoms with van der Waals surface area (Å²) in [5, 5.41) is 9.23. The minimum absolute atomic E-state index is 0.413. The highest BCUT2D eigenvalue weighted by Crippen LogP contribution is 2.29. The molecule has 3 rings (SSSR count). The van der Waals surface area contributed by atoms with Crippen molar-refractivity contribution < 1.29 is 18.4 Å². The predicted molar refractivity (Wildman–Crippen MR) is 92.3 cm³/mol. The van der Waals surface area contributed by atoms with Gasteiger partial charge in [0, 0.05) is 6.54 Å². The van der Waals surface area contributed by atoms with E-state index in [0.717, 1.165) is 11.3 Å². The lowest BCUT2D eigenvalue weighted by molar-refractivity contribution is 0.0598. The van der Waals surface area contributed by atoms with Crippen molar-refractivity contribution in [3.8, 4) is 11.4 Å². The lowest BCUT2D eigenvalue weighted by Gasteiger charge is -2.07. The van der Waals surface area contributed by atoms with E-state index in [0.29, 0.717) is 34.6 Å². The molecule has 0 atom stereocenters. The zero-order valence-corrected chi connectivity index (χ0v) is 14.7. The highest BCUT2D eigenvalue weighted by atomic mass is 32.2. The second kappa shape index (κ2) is 7.43. The number of hydrogen-bond donors (Lipinski definition) is 0. The molecule has 0 amide bonds. The summed E-state index contributed by atoms with van der Waals surface area (Å²) in [5.74, 6) is 2.02. The van der Waals surface area contributed by atoms with Crippen LogP contribution in [0.1, 0.15) is 21.9 Å². The van der Waals surface area contributed by atoms with E-state index in [1.807, 2.05) is 17.6 Å². The number of furan rings is 2. The molecule has 0 aliphatic rings. The second-order valence-corrected chi connectivity index (χ2v) is 6.08. The molecule has 25 heavy (non-hydrogen) atoms. The van der Waals surface area contributed by atoms with Crippen LogP contribution in [0, 0.1) is 6.92 Å². The number of aromatic nitrogens is 3. The third-order valence-corrected chi connectivity index (χ3v) is 4.58. The van der Waals surface area contributed by atoms with E-state index in [1.54, 1.807) is 18.4 Å². The van der Waals surface area contributed by atoms with Gasteiger partial charge in [0.15, 0.2) is 11.0 Å². The monoisotopic (exact) mass is 359 g/mol. The van der Waals surface area contributed by atoms with Gasteiger partial charge >= 0.3 is 5.97 Å². The molecule has 0 saturated heterocycles. The first kappa shape index (κ1) is 17.1. The molecule has 0 fully saturated rings. The highest BCUT2D eigenvalue weighted by Gasteiger charge is 2.19. The number of aryl methyl sites for hydroxylation is 1. The summed E-state index contributed by atoms with van der Waals surface area (Å²) >= 11 is 1.42. The van der Waals surface area contributed by atoms with Crippen LogP contribution in [-0.4, -0.2) is 27.8 Å². The van der Waals surface area contributed by atoms with E-state index >= 15 is 0 Å².